The molecule has 6 nitrogen and oxygen atoms in total. The highest BCUT2D eigenvalue weighted by atomic mass is 28.4. The molecule has 0 saturated heterocycles. The quantitative estimate of drug-likeness (QED) is 0.317. The summed E-state index contributed by atoms with van der Waals surface area (Å²) in [6.45, 7) is 13.4. The minimum Gasteiger partial charge on any atom is -0.377 e. The van der Waals surface area contributed by atoms with Crippen molar-refractivity contribution in [2.75, 3.05) is 81.7 Å². The van der Waals surface area contributed by atoms with Gasteiger partial charge in [-0.2, -0.15) is 0 Å². The van der Waals surface area contributed by atoms with Gasteiger partial charge in [0, 0.05) is 27.4 Å². The summed E-state index contributed by atoms with van der Waals surface area (Å²) in [4.78, 5) is 7.28. The Morgan fingerprint density at radius 3 is 1.18 bits per heavy atom. The zero-order valence-electron chi connectivity index (χ0n) is 20.3. The summed E-state index contributed by atoms with van der Waals surface area (Å²) in [6.07, 6.45) is 4.69. The summed E-state index contributed by atoms with van der Waals surface area (Å²) in [5, 5.41) is 0. The Morgan fingerprint density at radius 1 is 0.607 bits per heavy atom. The van der Waals surface area contributed by atoms with Crippen molar-refractivity contribution in [2.24, 2.45) is 5.41 Å². The van der Waals surface area contributed by atoms with Crippen molar-refractivity contribution in [3.63, 3.8) is 0 Å². The van der Waals surface area contributed by atoms with Gasteiger partial charge in [-0.1, -0.05) is 20.8 Å². The van der Waals surface area contributed by atoms with E-state index < -0.39 is 8.80 Å². The van der Waals surface area contributed by atoms with Crippen LogP contribution in [0.15, 0.2) is 0 Å². The molecule has 0 heterocycles. The third kappa shape index (κ3) is 10.1. The molecule has 0 unspecified atom stereocenters. The van der Waals surface area contributed by atoms with Crippen LogP contribution in [0.2, 0.25) is 6.04 Å². The maximum atomic E-state index is 5.74. The van der Waals surface area contributed by atoms with Crippen LogP contribution in [0.3, 0.4) is 0 Å². The summed E-state index contributed by atoms with van der Waals surface area (Å²) in [5.41, 5.74) is 0.268. The fourth-order valence-electron chi connectivity index (χ4n) is 3.48. The van der Waals surface area contributed by atoms with Crippen LogP contribution in [0.25, 0.3) is 0 Å². The minimum absolute atomic E-state index is 0.268. The van der Waals surface area contributed by atoms with Crippen LogP contribution in [0, 0.1) is 5.41 Å². The Hall–Kier alpha value is -0.0231. The molecule has 0 aromatic heterocycles. The van der Waals surface area contributed by atoms with Crippen LogP contribution >= 0.6 is 0 Å². The lowest BCUT2D eigenvalue weighted by atomic mass is 9.75. The summed E-state index contributed by atoms with van der Waals surface area (Å²) in [7, 11) is 9.28. The second-order valence-electron chi connectivity index (χ2n) is 8.23. The van der Waals surface area contributed by atoms with Crippen molar-refractivity contribution in [3.8, 4) is 0 Å². The van der Waals surface area contributed by atoms with Gasteiger partial charge < -0.3 is 28.0 Å². The monoisotopic (exact) mass is 419 g/mol. The number of hydrogen-bond acceptors (Lipinski definition) is 6. The van der Waals surface area contributed by atoms with Crippen LogP contribution in [0.1, 0.15) is 46.5 Å². The summed E-state index contributed by atoms with van der Waals surface area (Å²) >= 11 is 0. The van der Waals surface area contributed by atoms with Gasteiger partial charge in [-0.3, -0.25) is 0 Å². The maximum absolute atomic E-state index is 5.74. The Bertz CT molecular complexity index is 340. The fraction of sp³-hybridized carbons (Fsp3) is 1.00. The molecule has 28 heavy (non-hydrogen) atoms. The van der Waals surface area contributed by atoms with Gasteiger partial charge in [0.1, 0.15) is 0 Å². The third-order valence-corrected chi connectivity index (χ3v) is 9.31. The molecule has 0 N–H and O–H groups in total. The highest BCUT2D eigenvalue weighted by Gasteiger charge is 2.41. The van der Waals surface area contributed by atoms with Crippen LogP contribution in [-0.2, 0) is 13.3 Å². The van der Waals surface area contributed by atoms with Gasteiger partial charge in [0.05, 0.1) is 0 Å². The second-order valence-corrected chi connectivity index (χ2v) is 11.3. The average Bonchev–Trinajstić information content (AvgIpc) is 2.74. The van der Waals surface area contributed by atoms with Gasteiger partial charge in [-0.05, 0) is 91.5 Å². The molecule has 0 aliphatic heterocycles. The predicted octanol–water partition coefficient (Wildman–Crippen LogP) is 3.27. The van der Waals surface area contributed by atoms with E-state index in [0.29, 0.717) is 0 Å². The predicted molar refractivity (Wildman–Crippen MR) is 122 cm³/mol. The molecule has 0 aromatic rings. The van der Waals surface area contributed by atoms with Crippen molar-refractivity contribution >= 4 is 8.80 Å². The van der Waals surface area contributed by atoms with Crippen molar-refractivity contribution in [1.29, 1.82) is 0 Å². The highest BCUT2D eigenvalue weighted by molar-refractivity contribution is 6.60. The van der Waals surface area contributed by atoms with E-state index in [9.17, 15) is 0 Å². The smallest absolute Gasteiger partial charge is 0.377 e. The van der Waals surface area contributed by atoms with E-state index in [1.807, 2.05) is 0 Å². The lowest BCUT2D eigenvalue weighted by Gasteiger charge is -2.39. The molecular formula is C21H49N3O3Si. The molecule has 0 radical (unpaired) electrons. The van der Waals surface area contributed by atoms with Gasteiger partial charge in [-0.15, -0.1) is 0 Å². The number of nitrogens with zero attached hydrogens (tertiary/aromatic N) is 3. The topological polar surface area (TPSA) is 37.4 Å². The molecule has 0 aliphatic rings. The standard InChI is InChI=1S/C21H49N3O3Si/c1-10-22(4)17-13-21(14-18-23(5)11-2,15-19-24(6)12-3)16-20-28(25-7,26-8)27-9/h10-20H2,1-9H3. The zero-order valence-corrected chi connectivity index (χ0v) is 21.3. The normalized spacial score (nSPS) is 13.3. The Kier molecular flexibility index (Phi) is 14.9. The van der Waals surface area contributed by atoms with E-state index in [0.717, 1.165) is 51.7 Å². The van der Waals surface area contributed by atoms with Crippen molar-refractivity contribution < 1.29 is 13.3 Å². The molecule has 0 atom stereocenters. The van der Waals surface area contributed by atoms with Crippen molar-refractivity contribution in [1.82, 2.24) is 14.7 Å². The first-order valence-electron chi connectivity index (χ1n) is 11.0. The molecule has 0 amide bonds. The second kappa shape index (κ2) is 14.9. The largest absolute Gasteiger partial charge is 0.500 e. The van der Waals surface area contributed by atoms with Gasteiger partial charge in [0.25, 0.3) is 0 Å². The van der Waals surface area contributed by atoms with E-state index in [4.69, 9.17) is 13.3 Å². The fourth-order valence-corrected chi connectivity index (χ4v) is 5.43. The first kappa shape index (κ1) is 28.0. The van der Waals surface area contributed by atoms with E-state index in [1.54, 1.807) is 21.3 Å². The van der Waals surface area contributed by atoms with Crippen molar-refractivity contribution in [3.05, 3.63) is 0 Å². The molecule has 0 spiro atoms. The first-order chi connectivity index (χ1) is 13.3. The van der Waals surface area contributed by atoms with Crippen LogP contribution in [0.5, 0.6) is 0 Å². The zero-order chi connectivity index (χ0) is 21.6. The number of hydrogen-bond donors (Lipinski definition) is 0. The van der Waals surface area contributed by atoms with Gasteiger partial charge in [-0.25, -0.2) is 0 Å². The first-order valence-corrected chi connectivity index (χ1v) is 12.9. The van der Waals surface area contributed by atoms with E-state index in [2.05, 4.69) is 56.6 Å². The summed E-state index contributed by atoms with van der Waals surface area (Å²) < 4.78 is 17.2. The Morgan fingerprint density at radius 2 is 0.929 bits per heavy atom. The van der Waals surface area contributed by atoms with Crippen molar-refractivity contribution in [2.45, 2.75) is 52.5 Å². The van der Waals surface area contributed by atoms with Gasteiger partial charge >= 0.3 is 8.80 Å². The molecule has 0 aliphatic carbocycles. The molecule has 7 heteroatoms. The maximum Gasteiger partial charge on any atom is 0.500 e. The number of rotatable bonds is 18. The summed E-state index contributed by atoms with van der Waals surface area (Å²) in [6, 6.07) is 0.873. The molecule has 0 rings (SSSR count). The Labute approximate surface area is 176 Å². The molecule has 0 fully saturated rings. The van der Waals surface area contributed by atoms with E-state index in [-0.39, 0.29) is 5.41 Å². The van der Waals surface area contributed by atoms with Gasteiger partial charge in [0.2, 0.25) is 0 Å². The molecular weight excluding hydrogens is 370 g/mol. The highest BCUT2D eigenvalue weighted by Crippen LogP contribution is 2.39. The SMILES string of the molecule is CCN(C)CCC(CCN(C)CC)(CCN(C)CC)CC[Si](OC)(OC)OC. The third-order valence-electron chi connectivity index (χ3n) is 6.59. The van der Waals surface area contributed by atoms with Gasteiger partial charge in [0.15, 0.2) is 0 Å². The Balaban J connectivity index is 5.48. The molecule has 0 bridgehead atoms. The summed E-state index contributed by atoms with van der Waals surface area (Å²) in [5.74, 6) is 0. The van der Waals surface area contributed by atoms with E-state index in [1.165, 1.54) is 19.3 Å². The van der Waals surface area contributed by atoms with E-state index >= 15 is 0 Å². The van der Waals surface area contributed by atoms with Crippen LogP contribution in [-0.4, -0.2) is 105 Å². The van der Waals surface area contributed by atoms with Crippen LogP contribution in [0.4, 0.5) is 0 Å². The molecule has 0 saturated carbocycles. The lowest BCUT2D eigenvalue weighted by molar-refractivity contribution is 0.101. The van der Waals surface area contributed by atoms with Crippen LogP contribution < -0.4 is 0 Å². The lowest BCUT2D eigenvalue weighted by Crippen LogP contribution is -2.45. The molecule has 0 aromatic carbocycles. The average molecular weight is 420 g/mol. The molecule has 170 valence electrons. The minimum atomic E-state index is -2.56.